The molecular weight excluding hydrogens is 246 g/mol. The lowest BCUT2D eigenvalue weighted by molar-refractivity contribution is -0.110. The number of nitrogens with zero attached hydrogens (tertiary/aromatic N) is 1. The van der Waals surface area contributed by atoms with Crippen LogP contribution in [0.4, 0.5) is 11.4 Å². The second-order valence-corrected chi connectivity index (χ2v) is 3.92. The number of thiocarbonyl (C=S) groups is 1. The number of hydrogen-bond acceptors (Lipinski definition) is 3. The van der Waals surface area contributed by atoms with E-state index in [1.54, 1.807) is 36.7 Å². The van der Waals surface area contributed by atoms with Crippen molar-refractivity contribution >= 4 is 34.5 Å². The van der Waals surface area contributed by atoms with Gasteiger partial charge in [-0.25, -0.2) is 0 Å². The van der Waals surface area contributed by atoms with Gasteiger partial charge in [0.1, 0.15) is 0 Å². The lowest BCUT2D eigenvalue weighted by Gasteiger charge is -2.08. The Morgan fingerprint density at radius 3 is 2.39 bits per heavy atom. The second kappa shape index (κ2) is 5.88. The highest BCUT2D eigenvalue weighted by Crippen LogP contribution is 2.07. The van der Waals surface area contributed by atoms with Crippen molar-refractivity contribution < 1.29 is 4.79 Å². The van der Waals surface area contributed by atoms with Crippen molar-refractivity contribution in [3.8, 4) is 0 Å². The van der Waals surface area contributed by atoms with Gasteiger partial charge in [-0.15, -0.1) is 0 Å². The van der Waals surface area contributed by atoms with E-state index in [1.165, 1.54) is 0 Å². The molecule has 2 aromatic rings. The summed E-state index contributed by atoms with van der Waals surface area (Å²) in [7, 11) is 0. The summed E-state index contributed by atoms with van der Waals surface area (Å²) < 4.78 is 0. The Morgan fingerprint density at radius 1 is 1.00 bits per heavy atom. The Bertz CT molecular complexity index is 491. The molecule has 0 unspecified atom stereocenters. The van der Waals surface area contributed by atoms with Crippen LogP contribution in [0.5, 0.6) is 0 Å². The highest BCUT2D eigenvalue weighted by atomic mass is 32.1. The summed E-state index contributed by atoms with van der Waals surface area (Å²) in [5.74, 6) is -0.347. The second-order valence-electron chi connectivity index (χ2n) is 3.52. The molecule has 2 rings (SSSR count). The van der Waals surface area contributed by atoms with Gasteiger partial charge in [0, 0.05) is 11.9 Å². The fraction of sp³-hybridized carbons (Fsp3) is 0. The van der Waals surface area contributed by atoms with Crippen LogP contribution in [0.15, 0.2) is 54.9 Å². The Hall–Kier alpha value is -2.27. The molecule has 0 bridgehead atoms. The molecule has 0 saturated carbocycles. The number of amides is 1. The number of anilines is 2. The summed E-state index contributed by atoms with van der Waals surface area (Å²) in [6, 6.07) is 12.7. The summed E-state index contributed by atoms with van der Waals surface area (Å²) in [4.78, 5) is 15.8. The van der Waals surface area contributed by atoms with Crippen LogP contribution in [0.3, 0.4) is 0 Å². The number of carbonyl (C=O) groups is 1. The van der Waals surface area contributed by atoms with Gasteiger partial charge in [0.25, 0.3) is 5.91 Å². The normalized spacial score (nSPS) is 9.56. The summed E-state index contributed by atoms with van der Waals surface area (Å²) in [6.07, 6.45) is 3.25. The molecule has 0 aliphatic carbocycles. The topological polar surface area (TPSA) is 54.0 Å². The molecule has 1 aromatic heterocycles. The minimum Gasteiger partial charge on any atom is -0.341 e. The molecule has 0 aliphatic heterocycles. The molecule has 1 aromatic carbocycles. The van der Waals surface area contributed by atoms with Crippen molar-refractivity contribution in [3.05, 3.63) is 54.9 Å². The molecule has 0 saturated heterocycles. The minimum absolute atomic E-state index is 0.104. The van der Waals surface area contributed by atoms with Crippen molar-refractivity contribution in [2.24, 2.45) is 0 Å². The van der Waals surface area contributed by atoms with Crippen molar-refractivity contribution in [1.82, 2.24) is 4.98 Å². The highest BCUT2D eigenvalue weighted by Gasteiger charge is 2.09. The summed E-state index contributed by atoms with van der Waals surface area (Å²) in [6.45, 7) is 0. The maximum atomic E-state index is 11.8. The molecule has 5 heteroatoms. The average molecular weight is 257 g/mol. The van der Waals surface area contributed by atoms with E-state index >= 15 is 0 Å². The van der Waals surface area contributed by atoms with Crippen LogP contribution in [0, 0.1) is 0 Å². The van der Waals surface area contributed by atoms with Crippen molar-refractivity contribution in [2.45, 2.75) is 0 Å². The number of aromatic nitrogens is 1. The average Bonchev–Trinajstić information content (AvgIpc) is 2.41. The van der Waals surface area contributed by atoms with Crippen LogP contribution in [-0.4, -0.2) is 15.9 Å². The fourth-order valence-corrected chi connectivity index (χ4v) is 1.50. The number of hydrogen-bond donors (Lipinski definition) is 2. The number of nitrogens with one attached hydrogen (secondary N) is 2. The SMILES string of the molecule is O=C(Nc1ccccc1)C(=S)Nc1cccnc1. The van der Waals surface area contributed by atoms with Crippen molar-refractivity contribution in [3.63, 3.8) is 0 Å². The largest absolute Gasteiger partial charge is 0.341 e. The summed E-state index contributed by atoms with van der Waals surface area (Å²) in [5.41, 5.74) is 1.39. The zero-order valence-electron chi connectivity index (χ0n) is 9.46. The quantitative estimate of drug-likeness (QED) is 0.811. The minimum atomic E-state index is -0.347. The number of pyridine rings is 1. The first-order chi connectivity index (χ1) is 8.75. The Kier molecular flexibility index (Phi) is 3.98. The Balaban J connectivity index is 1.96. The van der Waals surface area contributed by atoms with E-state index in [0.717, 1.165) is 0 Å². The summed E-state index contributed by atoms with van der Waals surface area (Å²) >= 11 is 5.01. The third-order valence-corrected chi connectivity index (χ3v) is 2.44. The lowest BCUT2D eigenvalue weighted by atomic mass is 10.3. The van der Waals surface area contributed by atoms with E-state index in [-0.39, 0.29) is 10.9 Å². The van der Waals surface area contributed by atoms with Gasteiger partial charge in [-0.1, -0.05) is 30.4 Å². The molecule has 1 amide bonds. The molecular formula is C13H11N3OS. The predicted molar refractivity (Wildman–Crippen MR) is 75.5 cm³/mol. The van der Waals surface area contributed by atoms with Gasteiger partial charge in [-0.3, -0.25) is 9.78 Å². The number of rotatable bonds is 2. The fourth-order valence-electron chi connectivity index (χ4n) is 1.33. The third-order valence-electron chi connectivity index (χ3n) is 2.16. The van der Waals surface area contributed by atoms with Gasteiger partial charge in [0.2, 0.25) is 0 Å². The van der Waals surface area contributed by atoms with Gasteiger partial charge in [0.15, 0.2) is 4.99 Å². The zero-order valence-corrected chi connectivity index (χ0v) is 10.3. The maximum absolute atomic E-state index is 11.8. The van der Waals surface area contributed by atoms with Crippen LogP contribution in [0.1, 0.15) is 0 Å². The predicted octanol–water partition coefficient (Wildman–Crippen LogP) is 2.46. The van der Waals surface area contributed by atoms with Crippen LogP contribution in [-0.2, 0) is 4.79 Å². The van der Waals surface area contributed by atoms with E-state index in [9.17, 15) is 4.79 Å². The maximum Gasteiger partial charge on any atom is 0.283 e. The Morgan fingerprint density at radius 2 is 1.72 bits per heavy atom. The summed E-state index contributed by atoms with van der Waals surface area (Å²) in [5, 5.41) is 5.52. The van der Waals surface area contributed by atoms with E-state index in [0.29, 0.717) is 11.4 Å². The monoisotopic (exact) mass is 257 g/mol. The smallest absolute Gasteiger partial charge is 0.283 e. The van der Waals surface area contributed by atoms with E-state index in [1.807, 2.05) is 18.2 Å². The van der Waals surface area contributed by atoms with Gasteiger partial charge in [-0.05, 0) is 24.3 Å². The van der Waals surface area contributed by atoms with Gasteiger partial charge < -0.3 is 10.6 Å². The van der Waals surface area contributed by atoms with Crippen molar-refractivity contribution in [2.75, 3.05) is 10.6 Å². The highest BCUT2D eigenvalue weighted by molar-refractivity contribution is 7.82. The van der Waals surface area contributed by atoms with Gasteiger partial charge in [-0.2, -0.15) is 0 Å². The van der Waals surface area contributed by atoms with Gasteiger partial charge in [0.05, 0.1) is 11.9 Å². The first-order valence-corrected chi connectivity index (χ1v) is 5.74. The first-order valence-electron chi connectivity index (χ1n) is 5.33. The number of para-hydroxylation sites is 1. The lowest BCUT2D eigenvalue weighted by Crippen LogP contribution is -2.27. The zero-order chi connectivity index (χ0) is 12.8. The van der Waals surface area contributed by atoms with E-state index in [2.05, 4.69) is 15.6 Å². The molecule has 90 valence electrons. The first kappa shape index (κ1) is 12.2. The molecule has 0 aliphatic rings. The number of carbonyl (C=O) groups excluding carboxylic acids is 1. The van der Waals surface area contributed by atoms with Crippen molar-refractivity contribution in [1.29, 1.82) is 0 Å². The third kappa shape index (κ3) is 3.36. The Labute approximate surface area is 110 Å². The molecule has 0 spiro atoms. The number of benzene rings is 1. The molecule has 4 nitrogen and oxygen atoms in total. The standard InChI is InChI=1S/C13H11N3OS/c17-12(15-10-5-2-1-3-6-10)13(18)16-11-7-4-8-14-9-11/h1-9H,(H,15,17)(H,16,18). The molecule has 2 N–H and O–H groups in total. The van der Waals surface area contributed by atoms with Crippen LogP contribution < -0.4 is 10.6 Å². The van der Waals surface area contributed by atoms with Crippen LogP contribution in [0.2, 0.25) is 0 Å². The molecule has 0 radical (unpaired) electrons. The molecule has 0 fully saturated rings. The van der Waals surface area contributed by atoms with E-state index in [4.69, 9.17) is 12.2 Å². The van der Waals surface area contributed by atoms with Gasteiger partial charge >= 0.3 is 0 Å². The molecule has 18 heavy (non-hydrogen) atoms. The van der Waals surface area contributed by atoms with Crippen LogP contribution >= 0.6 is 12.2 Å². The van der Waals surface area contributed by atoms with E-state index < -0.39 is 0 Å². The van der Waals surface area contributed by atoms with Crippen LogP contribution in [0.25, 0.3) is 0 Å². The molecule has 0 atom stereocenters. The molecule has 1 heterocycles.